The fourth-order valence-corrected chi connectivity index (χ4v) is 6.24. The first-order valence-electron chi connectivity index (χ1n) is 15.8. The fourth-order valence-electron chi connectivity index (χ4n) is 6.24. The third-order valence-corrected chi connectivity index (χ3v) is 8.73. The van der Waals surface area contributed by atoms with Crippen molar-refractivity contribution in [3.8, 4) is 5.75 Å². The van der Waals surface area contributed by atoms with Gasteiger partial charge in [-0.3, -0.25) is 14.4 Å². The molecule has 0 aromatic heterocycles. The highest BCUT2D eigenvalue weighted by atomic mass is 16.5. The third-order valence-electron chi connectivity index (χ3n) is 8.73. The van der Waals surface area contributed by atoms with Crippen LogP contribution >= 0.6 is 0 Å². The van der Waals surface area contributed by atoms with Crippen LogP contribution in [0.3, 0.4) is 0 Å². The van der Waals surface area contributed by atoms with Crippen LogP contribution in [0.5, 0.6) is 5.75 Å². The Balaban J connectivity index is 1.31. The number of carbonyl (C=O) groups excluding carboxylic acids is 3. The van der Waals surface area contributed by atoms with Gasteiger partial charge in [0.05, 0.1) is 13.8 Å². The Labute approximate surface area is 251 Å². The number of hydrogen-bond acceptors (Lipinski definition) is 5. The molecule has 0 unspecified atom stereocenters. The average molecular weight is 577 g/mol. The fraction of sp³-hybridized carbons (Fsp3) is 0.559. The number of rotatable bonds is 15. The molecule has 2 aromatic carbocycles. The number of methoxy groups -OCH3 is 1. The van der Waals surface area contributed by atoms with E-state index in [2.05, 4.69) is 17.1 Å². The van der Waals surface area contributed by atoms with Crippen LogP contribution in [-0.2, 0) is 14.4 Å². The number of piperidine rings is 1. The van der Waals surface area contributed by atoms with Crippen LogP contribution in [0.4, 0.5) is 11.4 Å². The summed E-state index contributed by atoms with van der Waals surface area (Å²) in [6.07, 6.45) is 12.8. The molecule has 2 saturated heterocycles. The highest BCUT2D eigenvalue weighted by molar-refractivity contribution is 5.99. The van der Waals surface area contributed by atoms with Gasteiger partial charge in [-0.1, -0.05) is 76.5 Å². The van der Waals surface area contributed by atoms with Crippen molar-refractivity contribution in [2.45, 2.75) is 89.5 Å². The van der Waals surface area contributed by atoms with Gasteiger partial charge in [0.15, 0.2) is 0 Å². The zero-order valence-electron chi connectivity index (χ0n) is 25.5. The number of carbonyl (C=O) groups is 3. The largest absolute Gasteiger partial charge is 0.497 e. The molecule has 0 saturated carbocycles. The first kappa shape index (κ1) is 31.4. The average Bonchev–Trinajstić information content (AvgIpc) is 3.27. The van der Waals surface area contributed by atoms with Gasteiger partial charge in [-0.15, -0.1) is 0 Å². The van der Waals surface area contributed by atoms with Gasteiger partial charge < -0.3 is 24.8 Å². The molecule has 3 amide bonds. The first-order chi connectivity index (χ1) is 20.5. The maximum atomic E-state index is 14.0. The second-order valence-electron chi connectivity index (χ2n) is 11.7. The lowest BCUT2D eigenvalue weighted by molar-refractivity contribution is -0.139. The van der Waals surface area contributed by atoms with Crippen LogP contribution in [0.1, 0.15) is 84.0 Å². The van der Waals surface area contributed by atoms with Crippen molar-refractivity contribution in [3.63, 3.8) is 0 Å². The van der Waals surface area contributed by atoms with Gasteiger partial charge in [0.1, 0.15) is 17.8 Å². The van der Waals surface area contributed by atoms with E-state index in [0.29, 0.717) is 50.5 Å². The van der Waals surface area contributed by atoms with Crippen LogP contribution in [0.15, 0.2) is 54.6 Å². The molecule has 8 nitrogen and oxygen atoms in total. The summed E-state index contributed by atoms with van der Waals surface area (Å²) in [6.45, 7) is 3.65. The number of nitrogens with zero attached hydrogens (tertiary/aromatic N) is 3. The lowest BCUT2D eigenvalue weighted by Gasteiger charge is -2.43. The van der Waals surface area contributed by atoms with E-state index < -0.39 is 5.54 Å². The van der Waals surface area contributed by atoms with Crippen molar-refractivity contribution in [3.05, 3.63) is 54.6 Å². The summed E-state index contributed by atoms with van der Waals surface area (Å²) in [5.74, 6) is 0.621. The monoisotopic (exact) mass is 576 g/mol. The topological polar surface area (TPSA) is 82.2 Å². The predicted octanol–water partition coefficient (Wildman–Crippen LogP) is 6.22. The number of likely N-dealkylation sites (tertiary alicyclic amines) is 1. The normalized spacial score (nSPS) is 16.2. The molecule has 8 heteroatoms. The Kier molecular flexibility index (Phi) is 11.7. The van der Waals surface area contributed by atoms with E-state index in [1.807, 2.05) is 35.2 Å². The van der Waals surface area contributed by atoms with Crippen molar-refractivity contribution in [2.75, 3.05) is 43.6 Å². The molecule has 4 rings (SSSR count). The van der Waals surface area contributed by atoms with E-state index >= 15 is 0 Å². The molecule has 2 fully saturated rings. The van der Waals surface area contributed by atoms with E-state index in [9.17, 15) is 14.4 Å². The van der Waals surface area contributed by atoms with E-state index in [-0.39, 0.29) is 24.3 Å². The highest BCUT2D eigenvalue weighted by Gasteiger charge is 2.54. The van der Waals surface area contributed by atoms with E-state index in [0.717, 1.165) is 18.5 Å². The number of para-hydroxylation sites is 1. The van der Waals surface area contributed by atoms with Crippen molar-refractivity contribution >= 4 is 29.1 Å². The van der Waals surface area contributed by atoms with E-state index in [1.54, 1.807) is 36.3 Å². The molecular formula is C34H48N4O4. The molecule has 2 aromatic rings. The van der Waals surface area contributed by atoms with Crippen LogP contribution in [0.25, 0.3) is 0 Å². The van der Waals surface area contributed by atoms with Gasteiger partial charge in [0.2, 0.25) is 11.8 Å². The Morgan fingerprint density at radius 2 is 1.48 bits per heavy atom. The minimum atomic E-state index is -0.754. The Morgan fingerprint density at radius 1 is 0.857 bits per heavy atom. The smallest absolute Gasteiger partial charge is 0.250 e. The number of nitrogens with one attached hydrogen (secondary N) is 1. The summed E-state index contributed by atoms with van der Waals surface area (Å²) in [6, 6.07) is 17.0. The van der Waals surface area contributed by atoms with Crippen molar-refractivity contribution in [1.82, 2.24) is 9.80 Å². The quantitative estimate of drug-likeness (QED) is 0.255. The Hall–Kier alpha value is -3.55. The number of benzene rings is 2. The van der Waals surface area contributed by atoms with Crippen molar-refractivity contribution in [2.24, 2.45) is 0 Å². The standard InChI is InChI=1S/C34H48N4O4/c1-3-4-5-6-7-8-9-10-14-17-32(40)36-24-22-34(23-25-36)33(41)37(27-38(34)29-15-12-11-13-16-29)26-31(39)35-28-18-20-30(42-2)21-19-28/h11-13,15-16,18-21H,3-10,14,17,22-27H2,1-2H3,(H,35,39). The summed E-state index contributed by atoms with van der Waals surface area (Å²) < 4.78 is 5.19. The Morgan fingerprint density at radius 3 is 2.10 bits per heavy atom. The van der Waals surface area contributed by atoms with Gasteiger partial charge in [-0.05, 0) is 55.7 Å². The van der Waals surface area contributed by atoms with Gasteiger partial charge in [0.25, 0.3) is 5.91 Å². The number of hydrogen-bond donors (Lipinski definition) is 1. The molecule has 42 heavy (non-hydrogen) atoms. The van der Waals surface area contributed by atoms with E-state index in [4.69, 9.17) is 4.74 Å². The zero-order valence-corrected chi connectivity index (χ0v) is 25.5. The van der Waals surface area contributed by atoms with Crippen molar-refractivity contribution in [1.29, 1.82) is 0 Å². The zero-order chi connectivity index (χ0) is 29.8. The number of anilines is 2. The molecule has 0 bridgehead atoms. The summed E-state index contributed by atoms with van der Waals surface area (Å²) in [5.41, 5.74) is 0.857. The van der Waals surface area contributed by atoms with Crippen LogP contribution in [-0.4, -0.2) is 66.5 Å². The van der Waals surface area contributed by atoms with Gasteiger partial charge in [0, 0.05) is 30.9 Å². The summed E-state index contributed by atoms with van der Waals surface area (Å²) in [7, 11) is 1.60. The molecule has 2 aliphatic rings. The second kappa shape index (κ2) is 15.6. The maximum Gasteiger partial charge on any atom is 0.250 e. The Bertz CT molecular complexity index is 1150. The van der Waals surface area contributed by atoms with Crippen LogP contribution in [0.2, 0.25) is 0 Å². The minimum Gasteiger partial charge on any atom is -0.497 e. The second-order valence-corrected chi connectivity index (χ2v) is 11.7. The van der Waals surface area contributed by atoms with Gasteiger partial charge in [-0.2, -0.15) is 0 Å². The molecule has 2 aliphatic heterocycles. The molecule has 1 spiro atoms. The summed E-state index contributed by atoms with van der Waals surface area (Å²) >= 11 is 0. The molecule has 1 N–H and O–H groups in total. The molecule has 0 radical (unpaired) electrons. The summed E-state index contributed by atoms with van der Waals surface area (Å²) in [5, 5.41) is 2.89. The molecular weight excluding hydrogens is 528 g/mol. The lowest BCUT2D eigenvalue weighted by Crippen LogP contribution is -2.57. The third kappa shape index (κ3) is 8.05. The van der Waals surface area contributed by atoms with Gasteiger partial charge in [-0.25, -0.2) is 0 Å². The lowest BCUT2D eigenvalue weighted by atomic mass is 9.85. The first-order valence-corrected chi connectivity index (χ1v) is 15.8. The van der Waals surface area contributed by atoms with Gasteiger partial charge >= 0.3 is 0 Å². The number of ether oxygens (including phenoxy) is 1. The molecule has 0 atom stereocenters. The van der Waals surface area contributed by atoms with Crippen molar-refractivity contribution < 1.29 is 19.1 Å². The minimum absolute atomic E-state index is 0.0306. The highest BCUT2D eigenvalue weighted by Crippen LogP contribution is 2.39. The number of unbranched alkanes of at least 4 members (excludes halogenated alkanes) is 8. The van der Waals surface area contributed by atoms with E-state index in [1.165, 1.54) is 44.9 Å². The molecule has 0 aliphatic carbocycles. The number of amides is 3. The molecule has 228 valence electrons. The predicted molar refractivity (Wildman–Crippen MR) is 168 cm³/mol. The molecule has 2 heterocycles. The van der Waals surface area contributed by atoms with Crippen LogP contribution in [0, 0.1) is 0 Å². The maximum absolute atomic E-state index is 14.0. The summed E-state index contributed by atoms with van der Waals surface area (Å²) in [4.78, 5) is 45.6. The van der Waals surface area contributed by atoms with Crippen LogP contribution < -0.4 is 15.0 Å². The SMILES string of the molecule is CCCCCCCCCCCC(=O)N1CCC2(CC1)C(=O)N(CC(=O)Nc1ccc(OC)cc1)CN2c1ccccc1.